The number of benzene rings is 2. The lowest BCUT2D eigenvalue weighted by molar-refractivity contribution is 0.128. The molecule has 142 valence electrons. The quantitative estimate of drug-likeness (QED) is 0.602. The Balaban J connectivity index is 1.37. The van der Waals surface area contributed by atoms with Crippen molar-refractivity contribution in [3.8, 4) is 0 Å². The van der Waals surface area contributed by atoms with Crippen molar-refractivity contribution in [2.75, 3.05) is 0 Å². The molecule has 0 spiro atoms. The standard InChI is InChI=1S/C24H30N2O/c1-17(26-27-16-18-5-3-2-4-6-18)19-7-8-21-14-22(10-9-20(21)13-19)23-11-12-24(25)15-23/h2-6,9-10,14,19,23-24H,7-8,11-13,15-16,25H2,1H3/b26-17+/t19-,23?,24?/m1/s1. The number of oxime groups is 1. The van der Waals surface area contributed by atoms with Crippen molar-refractivity contribution in [1.82, 2.24) is 0 Å². The lowest BCUT2D eigenvalue weighted by Crippen LogP contribution is -2.21. The summed E-state index contributed by atoms with van der Waals surface area (Å²) in [5.41, 5.74) is 12.9. The molecule has 27 heavy (non-hydrogen) atoms. The van der Waals surface area contributed by atoms with E-state index in [0.29, 0.717) is 24.5 Å². The van der Waals surface area contributed by atoms with Gasteiger partial charge in [0.2, 0.25) is 0 Å². The van der Waals surface area contributed by atoms with Gasteiger partial charge in [0.05, 0.1) is 5.71 Å². The lowest BCUT2D eigenvalue weighted by Gasteiger charge is -2.25. The van der Waals surface area contributed by atoms with Crippen LogP contribution in [0.3, 0.4) is 0 Å². The average molecular weight is 363 g/mol. The number of nitrogens with zero attached hydrogens (tertiary/aromatic N) is 1. The molecule has 1 fully saturated rings. The summed E-state index contributed by atoms with van der Waals surface area (Å²) in [4.78, 5) is 5.60. The van der Waals surface area contributed by atoms with Crippen LogP contribution in [0.5, 0.6) is 0 Å². The van der Waals surface area contributed by atoms with Crippen LogP contribution in [0.4, 0.5) is 0 Å². The van der Waals surface area contributed by atoms with E-state index in [0.717, 1.165) is 37.0 Å². The van der Waals surface area contributed by atoms with Gasteiger partial charge in [-0.2, -0.15) is 0 Å². The SMILES string of the molecule is C/C(=N\OCc1ccccc1)[C@@H]1CCc2cc(C3CCC(N)C3)ccc2C1. The monoisotopic (exact) mass is 362 g/mol. The second kappa shape index (κ2) is 8.26. The molecule has 2 N–H and O–H groups in total. The molecule has 0 saturated heterocycles. The number of hydrogen-bond donors (Lipinski definition) is 1. The zero-order valence-electron chi connectivity index (χ0n) is 16.2. The molecule has 3 heteroatoms. The minimum Gasteiger partial charge on any atom is -0.391 e. The molecule has 0 bridgehead atoms. The summed E-state index contributed by atoms with van der Waals surface area (Å²) in [5.74, 6) is 1.15. The topological polar surface area (TPSA) is 47.6 Å². The molecule has 0 radical (unpaired) electrons. The molecule has 1 saturated carbocycles. The predicted octanol–water partition coefficient (Wildman–Crippen LogP) is 4.98. The number of aryl methyl sites for hydroxylation is 1. The lowest BCUT2D eigenvalue weighted by atomic mass is 9.80. The second-order valence-electron chi connectivity index (χ2n) is 8.23. The Morgan fingerprint density at radius 2 is 1.93 bits per heavy atom. The van der Waals surface area contributed by atoms with E-state index in [4.69, 9.17) is 10.6 Å². The summed E-state index contributed by atoms with van der Waals surface area (Å²) in [6, 6.07) is 17.7. The smallest absolute Gasteiger partial charge is 0.142 e. The molecular weight excluding hydrogens is 332 g/mol. The fourth-order valence-corrected chi connectivity index (χ4v) is 4.56. The fraction of sp³-hybridized carbons (Fsp3) is 0.458. The van der Waals surface area contributed by atoms with Gasteiger partial charge in [-0.25, -0.2) is 0 Å². The molecule has 2 aliphatic rings. The average Bonchev–Trinajstić information content (AvgIpc) is 3.14. The van der Waals surface area contributed by atoms with E-state index in [1.54, 1.807) is 0 Å². The van der Waals surface area contributed by atoms with Gasteiger partial charge in [-0.05, 0) is 73.6 Å². The second-order valence-corrected chi connectivity index (χ2v) is 8.23. The summed E-state index contributed by atoms with van der Waals surface area (Å²) in [6.45, 7) is 2.64. The van der Waals surface area contributed by atoms with Gasteiger partial charge in [-0.15, -0.1) is 0 Å². The van der Waals surface area contributed by atoms with Crippen molar-refractivity contribution in [2.24, 2.45) is 16.8 Å². The van der Waals surface area contributed by atoms with Crippen LogP contribution < -0.4 is 5.73 Å². The Labute approximate surface area is 162 Å². The molecule has 0 heterocycles. The maximum atomic E-state index is 6.10. The van der Waals surface area contributed by atoms with E-state index < -0.39 is 0 Å². The molecule has 2 unspecified atom stereocenters. The zero-order valence-corrected chi connectivity index (χ0v) is 16.2. The third-order valence-corrected chi connectivity index (χ3v) is 6.28. The van der Waals surface area contributed by atoms with E-state index in [-0.39, 0.29) is 0 Å². The first-order chi connectivity index (χ1) is 13.2. The summed E-state index contributed by atoms with van der Waals surface area (Å²) < 4.78 is 0. The summed E-state index contributed by atoms with van der Waals surface area (Å²) in [7, 11) is 0. The normalized spacial score (nSPS) is 25.3. The van der Waals surface area contributed by atoms with Crippen molar-refractivity contribution in [1.29, 1.82) is 0 Å². The Kier molecular flexibility index (Phi) is 5.58. The van der Waals surface area contributed by atoms with Gasteiger partial charge in [0, 0.05) is 12.0 Å². The van der Waals surface area contributed by atoms with E-state index in [1.165, 1.54) is 29.5 Å². The molecule has 2 aromatic rings. The Hall–Kier alpha value is -2.13. The first-order valence-corrected chi connectivity index (χ1v) is 10.3. The molecule has 0 aromatic heterocycles. The molecule has 3 nitrogen and oxygen atoms in total. The van der Waals surface area contributed by atoms with Crippen molar-refractivity contribution >= 4 is 5.71 Å². The van der Waals surface area contributed by atoms with E-state index >= 15 is 0 Å². The van der Waals surface area contributed by atoms with Crippen LogP contribution in [0.1, 0.15) is 60.8 Å². The molecular formula is C24H30N2O. The largest absolute Gasteiger partial charge is 0.391 e. The van der Waals surface area contributed by atoms with Crippen LogP contribution >= 0.6 is 0 Å². The van der Waals surface area contributed by atoms with Crippen LogP contribution in [0, 0.1) is 5.92 Å². The van der Waals surface area contributed by atoms with Crippen molar-refractivity contribution in [3.63, 3.8) is 0 Å². The third kappa shape index (κ3) is 4.41. The highest BCUT2D eigenvalue weighted by Gasteiger charge is 2.26. The van der Waals surface area contributed by atoms with Crippen LogP contribution in [0.15, 0.2) is 53.7 Å². The third-order valence-electron chi connectivity index (χ3n) is 6.28. The molecule has 2 aromatic carbocycles. The summed E-state index contributed by atoms with van der Waals surface area (Å²) in [5, 5.41) is 4.41. The Bertz CT molecular complexity index is 799. The van der Waals surface area contributed by atoms with Gasteiger partial charge in [-0.3, -0.25) is 0 Å². The highest BCUT2D eigenvalue weighted by Crippen LogP contribution is 2.36. The number of rotatable bonds is 5. The molecule has 4 rings (SSSR count). The fourth-order valence-electron chi connectivity index (χ4n) is 4.56. The maximum absolute atomic E-state index is 6.10. The van der Waals surface area contributed by atoms with Gasteiger partial charge >= 0.3 is 0 Å². The van der Waals surface area contributed by atoms with Crippen LogP contribution in [0.25, 0.3) is 0 Å². The summed E-state index contributed by atoms with van der Waals surface area (Å²) in [6.07, 6.45) is 6.92. The van der Waals surface area contributed by atoms with E-state index in [9.17, 15) is 0 Å². The van der Waals surface area contributed by atoms with Gasteiger partial charge in [0.15, 0.2) is 0 Å². The van der Waals surface area contributed by atoms with Crippen LogP contribution in [-0.4, -0.2) is 11.8 Å². The number of hydrogen-bond acceptors (Lipinski definition) is 3. The molecule has 3 atom stereocenters. The highest BCUT2D eigenvalue weighted by atomic mass is 16.6. The minimum absolute atomic E-state index is 0.394. The van der Waals surface area contributed by atoms with Crippen molar-refractivity contribution < 1.29 is 4.84 Å². The van der Waals surface area contributed by atoms with Gasteiger partial charge in [-0.1, -0.05) is 53.7 Å². The first kappa shape index (κ1) is 18.2. The van der Waals surface area contributed by atoms with E-state index in [2.05, 4.69) is 42.4 Å². The summed E-state index contributed by atoms with van der Waals surface area (Å²) >= 11 is 0. The van der Waals surface area contributed by atoms with Gasteiger partial charge in [0.1, 0.15) is 6.61 Å². The maximum Gasteiger partial charge on any atom is 0.142 e. The molecule has 0 aliphatic heterocycles. The molecule has 0 amide bonds. The van der Waals surface area contributed by atoms with Crippen LogP contribution in [-0.2, 0) is 24.3 Å². The highest BCUT2D eigenvalue weighted by molar-refractivity contribution is 5.84. The zero-order chi connectivity index (χ0) is 18.6. The Morgan fingerprint density at radius 1 is 1.07 bits per heavy atom. The van der Waals surface area contributed by atoms with E-state index in [1.807, 2.05) is 18.2 Å². The number of nitrogens with two attached hydrogens (primary N) is 1. The van der Waals surface area contributed by atoms with Crippen LogP contribution in [0.2, 0.25) is 0 Å². The predicted molar refractivity (Wildman–Crippen MR) is 111 cm³/mol. The molecule has 2 aliphatic carbocycles. The first-order valence-electron chi connectivity index (χ1n) is 10.3. The van der Waals surface area contributed by atoms with Gasteiger partial charge < -0.3 is 10.6 Å². The number of fused-ring (bicyclic) bond motifs is 1. The van der Waals surface area contributed by atoms with Crippen molar-refractivity contribution in [3.05, 3.63) is 70.8 Å². The van der Waals surface area contributed by atoms with Crippen molar-refractivity contribution in [2.45, 2.75) is 64.0 Å². The van der Waals surface area contributed by atoms with Gasteiger partial charge in [0.25, 0.3) is 0 Å². The minimum atomic E-state index is 0.394. The Morgan fingerprint density at radius 3 is 2.70 bits per heavy atom.